The summed E-state index contributed by atoms with van der Waals surface area (Å²) in [6.45, 7) is -0.0864. The maximum absolute atomic E-state index is 12.7. The summed E-state index contributed by atoms with van der Waals surface area (Å²) in [7, 11) is 0. The number of benzene rings is 2. The average Bonchev–Trinajstić information content (AvgIpc) is 3.44. The number of hydrogen-bond donors (Lipinski definition) is 0. The smallest absolute Gasteiger partial charge is 0.339 e. The summed E-state index contributed by atoms with van der Waals surface area (Å²) < 4.78 is 15.7. The Balaban J connectivity index is 1.49. The molecule has 0 aliphatic carbocycles. The standard InChI is InChI=1S/C22H15NO5/c24-21(15-7-2-1-3-8-15)17-9-4-5-10-18(17)22(25)27-14-16-13-20(28-23-16)19-11-6-12-26-19/h1-13H,14H2. The van der Waals surface area contributed by atoms with Gasteiger partial charge in [-0.15, -0.1) is 0 Å². The molecule has 0 aliphatic heterocycles. The van der Waals surface area contributed by atoms with E-state index in [0.29, 0.717) is 22.8 Å². The van der Waals surface area contributed by atoms with Crippen molar-refractivity contribution in [2.75, 3.05) is 0 Å². The molecule has 138 valence electrons. The number of hydrogen-bond acceptors (Lipinski definition) is 6. The highest BCUT2D eigenvalue weighted by molar-refractivity contribution is 6.14. The minimum absolute atomic E-state index is 0.0864. The van der Waals surface area contributed by atoms with E-state index in [-0.39, 0.29) is 23.5 Å². The molecule has 0 N–H and O–H groups in total. The van der Waals surface area contributed by atoms with Gasteiger partial charge in [-0.25, -0.2) is 4.79 Å². The van der Waals surface area contributed by atoms with Crippen LogP contribution in [-0.4, -0.2) is 16.9 Å². The first kappa shape index (κ1) is 17.5. The van der Waals surface area contributed by atoms with E-state index in [0.717, 1.165) is 0 Å². The Morgan fingerprint density at radius 2 is 1.61 bits per heavy atom. The third-order valence-electron chi connectivity index (χ3n) is 4.10. The van der Waals surface area contributed by atoms with Gasteiger partial charge in [0.2, 0.25) is 5.76 Å². The lowest BCUT2D eigenvalue weighted by atomic mass is 9.98. The van der Waals surface area contributed by atoms with Gasteiger partial charge in [0.1, 0.15) is 12.3 Å². The Kier molecular flexibility index (Phi) is 4.84. The molecule has 0 saturated carbocycles. The van der Waals surface area contributed by atoms with Crippen LogP contribution in [0.2, 0.25) is 0 Å². The number of nitrogens with zero attached hydrogens (tertiary/aromatic N) is 1. The van der Waals surface area contributed by atoms with Crippen molar-refractivity contribution < 1.29 is 23.3 Å². The van der Waals surface area contributed by atoms with E-state index >= 15 is 0 Å². The predicted molar refractivity (Wildman–Crippen MR) is 99.6 cm³/mol. The van der Waals surface area contributed by atoms with Gasteiger partial charge in [0.05, 0.1) is 11.8 Å². The second-order valence-electron chi connectivity index (χ2n) is 5.98. The van der Waals surface area contributed by atoms with E-state index in [1.165, 1.54) is 6.26 Å². The summed E-state index contributed by atoms with van der Waals surface area (Å²) in [6, 6.07) is 20.5. The molecule has 0 atom stereocenters. The van der Waals surface area contributed by atoms with Crippen LogP contribution in [0.1, 0.15) is 32.0 Å². The van der Waals surface area contributed by atoms with Crippen molar-refractivity contribution in [3.05, 3.63) is 101 Å². The Morgan fingerprint density at radius 1 is 0.857 bits per heavy atom. The SMILES string of the molecule is O=C(OCc1cc(-c2ccco2)on1)c1ccccc1C(=O)c1ccccc1. The van der Waals surface area contributed by atoms with Gasteiger partial charge in [0.15, 0.2) is 11.5 Å². The number of rotatable bonds is 6. The van der Waals surface area contributed by atoms with Gasteiger partial charge in [-0.2, -0.15) is 0 Å². The molecule has 0 unspecified atom stereocenters. The zero-order valence-electron chi connectivity index (χ0n) is 14.7. The van der Waals surface area contributed by atoms with E-state index in [1.807, 2.05) is 6.07 Å². The topological polar surface area (TPSA) is 82.5 Å². The highest BCUT2D eigenvalue weighted by Crippen LogP contribution is 2.21. The maximum Gasteiger partial charge on any atom is 0.339 e. The van der Waals surface area contributed by atoms with Crippen LogP contribution in [0, 0.1) is 0 Å². The fourth-order valence-corrected chi connectivity index (χ4v) is 2.74. The summed E-state index contributed by atoms with van der Waals surface area (Å²) in [4.78, 5) is 25.3. The average molecular weight is 373 g/mol. The molecule has 0 saturated heterocycles. The third kappa shape index (κ3) is 3.61. The van der Waals surface area contributed by atoms with Crippen LogP contribution in [0.25, 0.3) is 11.5 Å². The molecule has 28 heavy (non-hydrogen) atoms. The van der Waals surface area contributed by atoms with Crippen LogP contribution in [0.15, 0.2) is 88.0 Å². The minimum Gasteiger partial charge on any atom is -0.461 e. The Morgan fingerprint density at radius 3 is 2.36 bits per heavy atom. The highest BCUT2D eigenvalue weighted by atomic mass is 16.5. The van der Waals surface area contributed by atoms with Crippen LogP contribution in [0.4, 0.5) is 0 Å². The van der Waals surface area contributed by atoms with Crippen LogP contribution < -0.4 is 0 Å². The van der Waals surface area contributed by atoms with Gasteiger partial charge in [-0.05, 0) is 18.2 Å². The first-order chi connectivity index (χ1) is 13.7. The number of ketones is 1. The predicted octanol–water partition coefficient (Wildman–Crippen LogP) is 4.52. The molecule has 0 fully saturated rings. The van der Waals surface area contributed by atoms with Gasteiger partial charge < -0.3 is 13.7 Å². The van der Waals surface area contributed by atoms with E-state index in [4.69, 9.17) is 13.7 Å². The zero-order valence-corrected chi connectivity index (χ0v) is 14.7. The molecule has 2 heterocycles. The van der Waals surface area contributed by atoms with Gasteiger partial charge in [0.25, 0.3) is 0 Å². The van der Waals surface area contributed by atoms with Crippen molar-refractivity contribution >= 4 is 11.8 Å². The van der Waals surface area contributed by atoms with Crippen molar-refractivity contribution in [2.45, 2.75) is 6.61 Å². The van der Waals surface area contributed by atoms with Gasteiger partial charge >= 0.3 is 5.97 Å². The monoisotopic (exact) mass is 373 g/mol. The molecule has 0 bridgehead atoms. The Labute approximate surface area is 160 Å². The lowest BCUT2D eigenvalue weighted by Crippen LogP contribution is -2.12. The molecule has 0 spiro atoms. The normalized spacial score (nSPS) is 10.6. The van der Waals surface area contributed by atoms with Crippen LogP contribution >= 0.6 is 0 Å². The lowest BCUT2D eigenvalue weighted by Gasteiger charge is -2.08. The second-order valence-corrected chi connectivity index (χ2v) is 5.98. The summed E-state index contributed by atoms with van der Waals surface area (Å²) in [5.41, 5.74) is 1.43. The fraction of sp³-hybridized carbons (Fsp3) is 0.0455. The van der Waals surface area contributed by atoms with Crippen molar-refractivity contribution in [1.29, 1.82) is 0 Å². The number of furan rings is 1. The lowest BCUT2D eigenvalue weighted by molar-refractivity contribution is 0.0461. The number of aromatic nitrogens is 1. The number of ether oxygens (including phenoxy) is 1. The Hall–Kier alpha value is -3.93. The third-order valence-corrected chi connectivity index (χ3v) is 4.10. The highest BCUT2D eigenvalue weighted by Gasteiger charge is 2.19. The van der Waals surface area contributed by atoms with Crippen LogP contribution in [0.3, 0.4) is 0 Å². The first-order valence-electron chi connectivity index (χ1n) is 8.58. The number of carbonyl (C=O) groups excluding carboxylic acids is 2. The van der Waals surface area contributed by atoms with Gasteiger partial charge in [-0.3, -0.25) is 4.79 Å². The van der Waals surface area contributed by atoms with Gasteiger partial charge in [0, 0.05) is 17.2 Å². The summed E-state index contributed by atoms with van der Waals surface area (Å²) in [5.74, 6) is 0.122. The van der Waals surface area contributed by atoms with E-state index in [9.17, 15) is 9.59 Å². The molecule has 6 nitrogen and oxygen atoms in total. The quantitative estimate of drug-likeness (QED) is 0.365. The number of carbonyl (C=O) groups is 2. The maximum atomic E-state index is 12.7. The molecule has 6 heteroatoms. The van der Waals surface area contributed by atoms with Crippen molar-refractivity contribution in [3.63, 3.8) is 0 Å². The zero-order chi connectivity index (χ0) is 19.3. The summed E-state index contributed by atoms with van der Waals surface area (Å²) in [6.07, 6.45) is 1.53. The molecule has 4 aromatic rings. The van der Waals surface area contributed by atoms with E-state index in [2.05, 4.69) is 5.16 Å². The van der Waals surface area contributed by atoms with E-state index in [1.54, 1.807) is 66.7 Å². The van der Waals surface area contributed by atoms with Crippen LogP contribution in [0.5, 0.6) is 0 Å². The molecule has 0 aliphatic rings. The van der Waals surface area contributed by atoms with E-state index < -0.39 is 5.97 Å². The first-order valence-corrected chi connectivity index (χ1v) is 8.58. The van der Waals surface area contributed by atoms with Gasteiger partial charge in [-0.1, -0.05) is 53.7 Å². The molecule has 2 aromatic heterocycles. The largest absolute Gasteiger partial charge is 0.461 e. The van der Waals surface area contributed by atoms with Crippen molar-refractivity contribution in [2.24, 2.45) is 0 Å². The molecular formula is C22H15NO5. The number of esters is 1. The summed E-state index contributed by atoms with van der Waals surface area (Å²) in [5, 5.41) is 3.86. The van der Waals surface area contributed by atoms with Crippen LogP contribution in [-0.2, 0) is 11.3 Å². The molecule has 0 amide bonds. The molecule has 4 rings (SSSR count). The van der Waals surface area contributed by atoms with Crippen molar-refractivity contribution in [1.82, 2.24) is 5.16 Å². The molecule has 0 radical (unpaired) electrons. The fourth-order valence-electron chi connectivity index (χ4n) is 2.74. The molecule has 2 aromatic carbocycles. The Bertz CT molecular complexity index is 1100. The molecular weight excluding hydrogens is 358 g/mol. The summed E-state index contributed by atoms with van der Waals surface area (Å²) >= 11 is 0. The second kappa shape index (κ2) is 7.75. The minimum atomic E-state index is -0.609. The van der Waals surface area contributed by atoms with Crippen molar-refractivity contribution in [3.8, 4) is 11.5 Å².